The van der Waals surface area contributed by atoms with Crippen LogP contribution in [0.25, 0.3) is 5.70 Å². The van der Waals surface area contributed by atoms with E-state index in [0.717, 1.165) is 62.5 Å². The minimum atomic E-state index is -0.169. The number of carbonyl (C=O) groups is 2. The molecule has 3 unspecified atom stereocenters. The number of nitrogens with zero attached hydrogens (tertiary/aromatic N) is 2. The number of aldehydes is 1. The summed E-state index contributed by atoms with van der Waals surface area (Å²) in [5.74, 6) is 1.55. The van der Waals surface area contributed by atoms with E-state index in [0.29, 0.717) is 17.8 Å². The van der Waals surface area contributed by atoms with Crippen molar-refractivity contribution in [1.29, 1.82) is 0 Å². The summed E-state index contributed by atoms with van der Waals surface area (Å²) in [5.41, 5.74) is 4.95. The van der Waals surface area contributed by atoms with Crippen LogP contribution in [-0.4, -0.2) is 27.9 Å². The molecule has 0 saturated heterocycles. The molecule has 0 N–H and O–H groups in total. The van der Waals surface area contributed by atoms with E-state index in [9.17, 15) is 9.59 Å². The predicted octanol–water partition coefficient (Wildman–Crippen LogP) is 5.36. The van der Waals surface area contributed by atoms with Crippen molar-refractivity contribution in [3.05, 3.63) is 35.4 Å². The lowest BCUT2D eigenvalue weighted by molar-refractivity contribution is -0.148. The molecule has 0 spiro atoms. The number of imidazole rings is 1. The van der Waals surface area contributed by atoms with Gasteiger partial charge in [0.05, 0.1) is 12.0 Å². The molecular weight excluding hydrogens is 400 g/mol. The van der Waals surface area contributed by atoms with Crippen LogP contribution in [-0.2, 0) is 20.7 Å². The molecule has 0 bridgehead atoms. The topological polar surface area (TPSA) is 61.2 Å². The van der Waals surface area contributed by atoms with Gasteiger partial charge >= 0.3 is 5.97 Å². The first-order valence-corrected chi connectivity index (χ1v) is 12.4. The lowest BCUT2D eigenvalue weighted by Crippen LogP contribution is -2.50. The molecule has 6 atom stereocenters. The zero-order chi connectivity index (χ0) is 22.7. The molecule has 4 aliphatic rings. The smallest absolute Gasteiger partial charge is 0.302 e. The van der Waals surface area contributed by atoms with Gasteiger partial charge in [-0.15, -0.1) is 0 Å². The monoisotopic (exact) mass is 436 g/mol. The standard InChI is InChI=1S/C27H36N2O3/c1-5-20-14-29(16-28-20)25-18(15-30)12-24-22-7-6-19-13-21(32-17(2)31)8-10-26(19,3)23(22)9-11-27(24,25)4/h6,14-16,21-24H,5,7-13H2,1-4H3/t21-,22?,23?,24?,26-,27-/m0/s1. The summed E-state index contributed by atoms with van der Waals surface area (Å²) in [6.07, 6.45) is 15.7. The maximum atomic E-state index is 12.2. The van der Waals surface area contributed by atoms with Crippen molar-refractivity contribution in [2.45, 2.75) is 85.2 Å². The first kappa shape index (κ1) is 21.7. The van der Waals surface area contributed by atoms with Gasteiger partial charge in [0.1, 0.15) is 12.4 Å². The first-order chi connectivity index (χ1) is 15.3. The summed E-state index contributed by atoms with van der Waals surface area (Å²) in [6.45, 7) is 8.48. The van der Waals surface area contributed by atoms with Crippen LogP contribution >= 0.6 is 0 Å². The van der Waals surface area contributed by atoms with Gasteiger partial charge in [0.25, 0.3) is 0 Å². The highest BCUT2D eigenvalue weighted by molar-refractivity contribution is 5.86. The number of rotatable bonds is 4. The van der Waals surface area contributed by atoms with Crippen LogP contribution in [0.15, 0.2) is 29.7 Å². The van der Waals surface area contributed by atoms with E-state index < -0.39 is 0 Å². The summed E-state index contributed by atoms with van der Waals surface area (Å²) in [7, 11) is 0. The quantitative estimate of drug-likeness (QED) is 0.362. The lowest BCUT2D eigenvalue weighted by atomic mass is 9.47. The van der Waals surface area contributed by atoms with Crippen LogP contribution in [0.2, 0.25) is 0 Å². The summed E-state index contributed by atoms with van der Waals surface area (Å²) in [4.78, 5) is 28.2. The second-order valence-corrected chi connectivity index (χ2v) is 11.0. The van der Waals surface area contributed by atoms with Crippen LogP contribution < -0.4 is 0 Å². The van der Waals surface area contributed by atoms with Gasteiger partial charge in [0.2, 0.25) is 0 Å². The molecule has 0 aliphatic heterocycles. The fourth-order valence-electron chi connectivity index (χ4n) is 7.89. The van der Waals surface area contributed by atoms with E-state index in [1.54, 1.807) is 0 Å². The lowest BCUT2D eigenvalue weighted by Gasteiger charge is -2.57. The Bertz CT molecular complexity index is 1000. The van der Waals surface area contributed by atoms with Gasteiger partial charge in [-0.25, -0.2) is 4.98 Å². The highest BCUT2D eigenvalue weighted by Crippen LogP contribution is 2.66. The van der Waals surface area contributed by atoms with Gasteiger partial charge in [0, 0.05) is 36.2 Å². The number of esters is 1. The first-order valence-electron chi connectivity index (χ1n) is 12.4. The molecule has 0 radical (unpaired) electrons. The Kier molecular flexibility index (Phi) is 5.22. The van der Waals surface area contributed by atoms with Gasteiger partial charge in [0.15, 0.2) is 0 Å². The molecule has 4 aliphatic carbocycles. The number of allylic oxidation sites excluding steroid dienone is 3. The summed E-state index contributed by atoms with van der Waals surface area (Å²) in [5, 5.41) is 0. The third kappa shape index (κ3) is 3.14. The Morgan fingerprint density at radius 1 is 1.22 bits per heavy atom. The van der Waals surface area contributed by atoms with Crippen LogP contribution in [0.3, 0.4) is 0 Å². The van der Waals surface area contributed by atoms with Gasteiger partial charge in [-0.2, -0.15) is 0 Å². The molecule has 1 aromatic heterocycles. The van der Waals surface area contributed by atoms with E-state index in [1.165, 1.54) is 24.6 Å². The number of hydrogen-bond donors (Lipinski definition) is 0. The number of ether oxygens (including phenoxy) is 1. The summed E-state index contributed by atoms with van der Waals surface area (Å²) >= 11 is 0. The van der Waals surface area contributed by atoms with E-state index in [2.05, 4.69) is 42.6 Å². The van der Waals surface area contributed by atoms with Crippen molar-refractivity contribution in [1.82, 2.24) is 9.55 Å². The third-order valence-electron chi connectivity index (χ3n) is 9.46. The summed E-state index contributed by atoms with van der Waals surface area (Å²) in [6, 6.07) is 0. The number of hydrogen-bond acceptors (Lipinski definition) is 4. The maximum absolute atomic E-state index is 12.2. The molecule has 0 aromatic carbocycles. The SMILES string of the molecule is CCc1cn(C2=C(C=O)CC3C4CC=C5C[C@@H](OC(C)=O)CC[C@]5(C)C4CC[C@]23C)cn1. The average Bonchev–Trinajstić information content (AvgIpc) is 3.34. The van der Waals surface area contributed by atoms with Crippen molar-refractivity contribution >= 4 is 18.0 Å². The van der Waals surface area contributed by atoms with Crippen molar-refractivity contribution in [3.63, 3.8) is 0 Å². The van der Waals surface area contributed by atoms with E-state index in [1.807, 2.05) is 6.33 Å². The number of aryl methyl sites for hydroxylation is 1. The summed E-state index contributed by atoms with van der Waals surface area (Å²) < 4.78 is 7.73. The van der Waals surface area contributed by atoms with Gasteiger partial charge < -0.3 is 9.30 Å². The second kappa shape index (κ2) is 7.71. The molecule has 172 valence electrons. The van der Waals surface area contributed by atoms with Gasteiger partial charge in [-0.05, 0) is 68.1 Å². The second-order valence-electron chi connectivity index (χ2n) is 11.0. The van der Waals surface area contributed by atoms with Crippen LogP contribution in [0.1, 0.15) is 78.3 Å². The molecule has 2 fully saturated rings. The highest BCUT2D eigenvalue weighted by Gasteiger charge is 2.58. The molecule has 5 heteroatoms. The predicted molar refractivity (Wildman–Crippen MR) is 124 cm³/mol. The highest BCUT2D eigenvalue weighted by atomic mass is 16.5. The molecule has 1 aromatic rings. The maximum Gasteiger partial charge on any atom is 0.302 e. The third-order valence-corrected chi connectivity index (χ3v) is 9.46. The molecule has 0 amide bonds. The van der Waals surface area contributed by atoms with Crippen LogP contribution in [0, 0.1) is 28.6 Å². The van der Waals surface area contributed by atoms with Crippen molar-refractivity contribution in [3.8, 4) is 0 Å². The zero-order valence-corrected chi connectivity index (χ0v) is 19.9. The molecule has 5 nitrogen and oxygen atoms in total. The van der Waals surface area contributed by atoms with Crippen molar-refractivity contribution in [2.75, 3.05) is 0 Å². The normalized spacial score (nSPS) is 38.4. The largest absolute Gasteiger partial charge is 0.462 e. The Morgan fingerprint density at radius 2 is 2.00 bits per heavy atom. The fourth-order valence-corrected chi connectivity index (χ4v) is 7.89. The number of carbonyl (C=O) groups excluding carboxylic acids is 2. The minimum absolute atomic E-state index is 0.0137. The Hall–Kier alpha value is -2.17. The molecule has 1 heterocycles. The van der Waals surface area contributed by atoms with E-state index in [4.69, 9.17) is 4.74 Å². The molecule has 2 saturated carbocycles. The van der Waals surface area contributed by atoms with Crippen LogP contribution in [0.4, 0.5) is 0 Å². The Balaban J connectivity index is 1.45. The Labute approximate surface area is 191 Å². The Morgan fingerprint density at radius 3 is 2.69 bits per heavy atom. The average molecular weight is 437 g/mol. The van der Waals surface area contributed by atoms with Gasteiger partial charge in [-0.1, -0.05) is 32.4 Å². The van der Waals surface area contributed by atoms with Crippen molar-refractivity contribution in [2.24, 2.45) is 28.6 Å². The minimum Gasteiger partial charge on any atom is -0.462 e. The molecule has 5 rings (SSSR count). The molecular formula is C27H36N2O3. The zero-order valence-electron chi connectivity index (χ0n) is 19.9. The fraction of sp³-hybridized carbons (Fsp3) is 0.667. The van der Waals surface area contributed by atoms with E-state index >= 15 is 0 Å². The number of aromatic nitrogens is 2. The van der Waals surface area contributed by atoms with Crippen molar-refractivity contribution < 1.29 is 14.3 Å². The van der Waals surface area contributed by atoms with E-state index in [-0.39, 0.29) is 22.9 Å². The molecule has 32 heavy (non-hydrogen) atoms. The van der Waals surface area contributed by atoms with Crippen LogP contribution in [0.5, 0.6) is 0 Å². The van der Waals surface area contributed by atoms with Gasteiger partial charge in [-0.3, -0.25) is 9.59 Å². The number of fused-ring (bicyclic) bond motifs is 5.